The number of carbonyl (C=O) groups excluding carboxylic acids is 1. The first-order valence-electron chi connectivity index (χ1n) is 14.7. The first kappa shape index (κ1) is 34.1. The van der Waals surface area contributed by atoms with Gasteiger partial charge in [-0.3, -0.25) is 0 Å². The lowest BCUT2D eigenvalue weighted by atomic mass is 10.0. The van der Waals surface area contributed by atoms with Crippen molar-refractivity contribution in [3.63, 3.8) is 0 Å². The molecule has 0 aliphatic carbocycles. The molecule has 6 nitrogen and oxygen atoms in total. The third kappa shape index (κ3) is 31.1. The van der Waals surface area contributed by atoms with E-state index in [0.717, 1.165) is 13.0 Å². The molecule has 0 rings (SSSR count). The van der Waals surface area contributed by atoms with Crippen LogP contribution in [0.1, 0.15) is 130 Å². The third-order valence-electron chi connectivity index (χ3n) is 5.80. The van der Waals surface area contributed by atoms with Crippen molar-refractivity contribution in [3.8, 4) is 0 Å². The molecule has 0 heterocycles. The van der Waals surface area contributed by atoms with E-state index in [2.05, 4.69) is 12.2 Å². The smallest absolute Gasteiger partial charge is 0.407 e. The lowest BCUT2D eigenvalue weighted by Crippen LogP contribution is -2.34. The second kappa shape index (κ2) is 26.2. The maximum atomic E-state index is 11.5. The Balaban J connectivity index is 3.09. The average molecular weight is 502 g/mol. The Morgan fingerprint density at radius 2 is 0.914 bits per heavy atom. The Hall–Kier alpha value is -0.850. The van der Waals surface area contributed by atoms with E-state index in [9.17, 15) is 4.79 Å². The molecular weight excluding hydrogens is 442 g/mol. The minimum absolute atomic E-state index is 0.418. The zero-order valence-corrected chi connectivity index (χ0v) is 23.8. The summed E-state index contributed by atoms with van der Waals surface area (Å²) < 4.78 is 21.7. The fraction of sp³-hybridized carbons (Fsp3) is 0.966. The first-order valence-corrected chi connectivity index (χ1v) is 14.7. The molecule has 0 radical (unpaired) electrons. The molecule has 0 atom stereocenters. The van der Waals surface area contributed by atoms with Gasteiger partial charge in [0.15, 0.2) is 0 Å². The van der Waals surface area contributed by atoms with Crippen LogP contribution in [0, 0.1) is 0 Å². The van der Waals surface area contributed by atoms with E-state index < -0.39 is 11.7 Å². The molecule has 0 saturated carbocycles. The van der Waals surface area contributed by atoms with Gasteiger partial charge in [0.05, 0.1) is 33.0 Å². The minimum atomic E-state index is -0.479. The molecular formula is C29H59NO5. The summed E-state index contributed by atoms with van der Waals surface area (Å²) in [5.41, 5.74) is -0.479. The molecule has 0 saturated heterocycles. The summed E-state index contributed by atoms with van der Waals surface area (Å²) in [6.45, 7) is 11.8. The van der Waals surface area contributed by atoms with Gasteiger partial charge in [0.25, 0.3) is 0 Å². The number of hydrogen-bond donors (Lipinski definition) is 1. The molecule has 0 aliphatic heterocycles. The van der Waals surface area contributed by atoms with Crippen LogP contribution in [0.3, 0.4) is 0 Å². The van der Waals surface area contributed by atoms with E-state index in [0.29, 0.717) is 39.6 Å². The Bertz CT molecular complexity index is 439. The summed E-state index contributed by atoms with van der Waals surface area (Å²) in [6.07, 6.45) is 21.8. The van der Waals surface area contributed by atoms with Crippen molar-refractivity contribution in [3.05, 3.63) is 0 Å². The molecule has 0 aromatic rings. The molecule has 0 spiro atoms. The standard InChI is InChI=1S/C29H59NO5/c1-5-6-7-8-9-10-11-12-13-14-15-16-17-18-19-20-22-32-24-26-34-27-25-33-23-21-30-28(31)35-29(2,3)4/h5-27H2,1-4H3,(H,30,31). The van der Waals surface area contributed by atoms with Crippen LogP contribution < -0.4 is 5.32 Å². The highest BCUT2D eigenvalue weighted by atomic mass is 16.6. The maximum Gasteiger partial charge on any atom is 0.407 e. The zero-order chi connectivity index (χ0) is 25.9. The molecule has 0 unspecified atom stereocenters. The summed E-state index contributed by atoms with van der Waals surface area (Å²) >= 11 is 0. The van der Waals surface area contributed by atoms with Gasteiger partial charge >= 0.3 is 6.09 Å². The molecule has 210 valence electrons. The second-order valence-electron chi connectivity index (χ2n) is 10.6. The molecule has 0 aromatic carbocycles. The van der Waals surface area contributed by atoms with Crippen LogP contribution in [0.2, 0.25) is 0 Å². The maximum absolute atomic E-state index is 11.5. The van der Waals surface area contributed by atoms with E-state index in [1.807, 2.05) is 20.8 Å². The highest BCUT2D eigenvalue weighted by Crippen LogP contribution is 2.13. The fourth-order valence-corrected chi connectivity index (χ4v) is 3.83. The van der Waals surface area contributed by atoms with E-state index in [1.54, 1.807) is 0 Å². The highest BCUT2D eigenvalue weighted by molar-refractivity contribution is 5.67. The van der Waals surface area contributed by atoms with E-state index >= 15 is 0 Å². The zero-order valence-electron chi connectivity index (χ0n) is 23.8. The van der Waals surface area contributed by atoms with Crippen molar-refractivity contribution < 1.29 is 23.7 Å². The van der Waals surface area contributed by atoms with E-state index in [4.69, 9.17) is 18.9 Å². The molecule has 0 fully saturated rings. The summed E-state index contributed by atoms with van der Waals surface area (Å²) in [7, 11) is 0. The monoisotopic (exact) mass is 501 g/mol. The highest BCUT2D eigenvalue weighted by Gasteiger charge is 2.15. The Labute approximate surface area is 217 Å². The number of carbonyl (C=O) groups is 1. The van der Waals surface area contributed by atoms with Crippen molar-refractivity contribution >= 4 is 6.09 Å². The number of rotatable bonds is 26. The van der Waals surface area contributed by atoms with Crippen LogP contribution in [0.4, 0.5) is 4.79 Å². The fourth-order valence-electron chi connectivity index (χ4n) is 3.83. The number of nitrogens with one attached hydrogen (secondary N) is 1. The quantitative estimate of drug-likeness (QED) is 0.122. The predicted molar refractivity (Wildman–Crippen MR) is 146 cm³/mol. The molecule has 0 aromatic heterocycles. The van der Waals surface area contributed by atoms with E-state index in [-0.39, 0.29) is 0 Å². The lowest BCUT2D eigenvalue weighted by molar-refractivity contribution is 0.0133. The van der Waals surface area contributed by atoms with Gasteiger partial charge in [-0.15, -0.1) is 0 Å². The number of hydrogen-bond acceptors (Lipinski definition) is 5. The van der Waals surface area contributed by atoms with Crippen LogP contribution in [0.25, 0.3) is 0 Å². The Kier molecular flexibility index (Phi) is 25.6. The van der Waals surface area contributed by atoms with Crippen LogP contribution >= 0.6 is 0 Å². The molecule has 6 heteroatoms. The number of ether oxygens (including phenoxy) is 4. The lowest BCUT2D eigenvalue weighted by Gasteiger charge is -2.19. The predicted octanol–water partition coefficient (Wildman–Crippen LogP) is 7.82. The van der Waals surface area contributed by atoms with Crippen molar-refractivity contribution in [2.24, 2.45) is 0 Å². The van der Waals surface area contributed by atoms with Crippen LogP contribution in [0.5, 0.6) is 0 Å². The molecule has 35 heavy (non-hydrogen) atoms. The van der Waals surface area contributed by atoms with Gasteiger partial charge in [-0.1, -0.05) is 103 Å². The van der Waals surface area contributed by atoms with Crippen LogP contribution in [-0.4, -0.2) is 57.9 Å². The van der Waals surface area contributed by atoms with Gasteiger partial charge in [0, 0.05) is 13.2 Å². The largest absolute Gasteiger partial charge is 0.444 e. The number of alkyl carbamates (subject to hydrolysis) is 1. The molecule has 1 amide bonds. The van der Waals surface area contributed by atoms with Crippen molar-refractivity contribution in [2.75, 3.05) is 46.2 Å². The first-order chi connectivity index (χ1) is 17.0. The Morgan fingerprint density at radius 3 is 1.34 bits per heavy atom. The Morgan fingerprint density at radius 1 is 0.543 bits per heavy atom. The van der Waals surface area contributed by atoms with Gasteiger partial charge in [0.1, 0.15) is 5.60 Å². The third-order valence-corrected chi connectivity index (χ3v) is 5.80. The summed E-state index contributed by atoms with van der Waals surface area (Å²) in [6, 6.07) is 0. The molecule has 1 N–H and O–H groups in total. The van der Waals surface area contributed by atoms with Gasteiger partial charge in [-0.2, -0.15) is 0 Å². The van der Waals surface area contributed by atoms with Gasteiger partial charge < -0.3 is 24.3 Å². The number of amides is 1. The van der Waals surface area contributed by atoms with Gasteiger partial charge in [-0.05, 0) is 27.2 Å². The number of unbranched alkanes of at least 4 members (excludes halogenated alkanes) is 15. The van der Waals surface area contributed by atoms with Crippen molar-refractivity contribution in [1.29, 1.82) is 0 Å². The summed E-state index contributed by atoms with van der Waals surface area (Å²) in [4.78, 5) is 11.5. The average Bonchev–Trinajstić information content (AvgIpc) is 2.80. The van der Waals surface area contributed by atoms with Crippen molar-refractivity contribution in [1.82, 2.24) is 5.32 Å². The second-order valence-corrected chi connectivity index (χ2v) is 10.6. The SMILES string of the molecule is CCCCCCCCCCCCCCCCCCOCCOCCOCCNC(=O)OC(C)(C)C. The van der Waals surface area contributed by atoms with Crippen molar-refractivity contribution in [2.45, 2.75) is 136 Å². The molecule has 0 aliphatic rings. The topological polar surface area (TPSA) is 66.0 Å². The van der Waals surface area contributed by atoms with E-state index in [1.165, 1.54) is 96.3 Å². The summed E-state index contributed by atoms with van der Waals surface area (Å²) in [5, 5.41) is 2.66. The van der Waals surface area contributed by atoms with Crippen LogP contribution in [0.15, 0.2) is 0 Å². The van der Waals surface area contributed by atoms with Gasteiger partial charge in [0.2, 0.25) is 0 Å². The minimum Gasteiger partial charge on any atom is -0.444 e. The molecule has 0 bridgehead atoms. The van der Waals surface area contributed by atoms with Gasteiger partial charge in [-0.25, -0.2) is 4.79 Å². The normalized spacial score (nSPS) is 11.7. The summed E-state index contributed by atoms with van der Waals surface area (Å²) in [5.74, 6) is 0. The van der Waals surface area contributed by atoms with Crippen LogP contribution in [-0.2, 0) is 18.9 Å².